The molecule has 1 unspecified atom stereocenters. The van der Waals surface area contributed by atoms with E-state index in [2.05, 4.69) is 32.4 Å². The summed E-state index contributed by atoms with van der Waals surface area (Å²) >= 11 is 0. The van der Waals surface area contributed by atoms with Gasteiger partial charge in [0.25, 0.3) is 11.8 Å². The predicted octanol–water partition coefficient (Wildman–Crippen LogP) is 2.54. The number of pyridine rings is 1. The standard InChI is InChI=1S/C28H34N3O15.C26H29F2N4O2.Mn/c32-15-44-14-16-1-2-18(45-28-25(39)23(37)24(38)26(46-28)27(40)41)17(13-16)30-20(34)5-7-29-19(33)6-9-42-11-12-43-10-8-31-21(35)3-4-22(31)36;1-15-13-29-21-10-7-17(14-32(15)21)19-8-9-20(27)22(28)24(19)34-12-11-18-16(2)31(6)30-23(18)25(33)26(3,4)5;/h1-4,13,23-26,28,37-39H,5-12,14H2,(H,29,33)(H,30,34)(H,40,41);7-10,13-14,25,33H,1,11-12H2,2-6H3;/q2*-1;+2/t23-,24-,25+,26-,28+;;/m0../s1. The fraction of sp³-hybridized carbons (Fsp3) is 0.426. The zero-order chi connectivity index (χ0) is 58.4. The van der Waals surface area contributed by atoms with E-state index in [4.69, 9.17) is 23.7 Å². The minimum Gasteiger partial charge on any atom is -0.650 e. The van der Waals surface area contributed by atoms with Crippen molar-refractivity contribution in [2.75, 3.05) is 51.4 Å². The van der Waals surface area contributed by atoms with Crippen LogP contribution in [-0.4, -0.2) is 162 Å². The van der Waals surface area contributed by atoms with E-state index in [0.29, 0.717) is 40.1 Å². The zero-order valence-electron chi connectivity index (χ0n) is 44.8. The maximum absolute atomic E-state index is 14.9. The molecule has 24 nitrogen and oxygen atoms in total. The van der Waals surface area contributed by atoms with Crippen molar-refractivity contribution in [2.24, 2.45) is 12.5 Å². The minimum absolute atomic E-state index is 0. The van der Waals surface area contributed by atoms with Gasteiger partial charge in [0.2, 0.25) is 23.9 Å². The molecule has 7 rings (SSSR count). The van der Waals surface area contributed by atoms with Crippen LogP contribution < -0.4 is 20.1 Å². The van der Waals surface area contributed by atoms with Crippen molar-refractivity contribution in [2.45, 2.75) is 90.4 Å². The summed E-state index contributed by atoms with van der Waals surface area (Å²) in [6, 6.07) is 10.3. The molecule has 1 radical (unpaired) electrons. The molecule has 3 aromatic heterocycles. The second-order valence-electron chi connectivity index (χ2n) is 19.4. The SMILES string of the molecule is O=[C-]OCc1ccc(O[C@@H]2O[C@H](C(=O)O)[C@@H](O)[C@H](O)[C@H]2O)c(NC(=O)CCNC(=O)CCOCCOCCN2C(=O)C=CC2=O)c1.[CH2-]c1cnc2ccc(-c3ccc(F)c(F)c3OCCc3c(C(O)C(C)(C)C)nn(C)c3C)cn12.[Mn+2]. The van der Waals surface area contributed by atoms with E-state index in [-0.39, 0.29) is 99.8 Å². The van der Waals surface area contributed by atoms with Gasteiger partial charge in [-0.2, -0.15) is 9.49 Å². The number of halogens is 2. The van der Waals surface area contributed by atoms with Crippen molar-refractivity contribution in [1.29, 1.82) is 0 Å². The number of nitrogens with zero attached hydrogens (tertiary/aromatic N) is 5. The van der Waals surface area contributed by atoms with Crippen LogP contribution in [0.4, 0.5) is 14.5 Å². The summed E-state index contributed by atoms with van der Waals surface area (Å²) in [7, 11) is 1.81. The topological polar surface area (TPSA) is 321 Å². The molecule has 1 saturated heterocycles. The number of ether oxygens (including phenoxy) is 6. The second kappa shape index (κ2) is 29.4. The number of carboxylic acid groups (broad SMARTS) is 1. The number of fused-ring (bicyclic) bond motifs is 1. The summed E-state index contributed by atoms with van der Waals surface area (Å²) in [5, 5.41) is 59.9. The first-order valence-corrected chi connectivity index (χ1v) is 25.1. The molecule has 6 atom stereocenters. The average molecular weight is 1180 g/mol. The maximum atomic E-state index is 14.9. The van der Waals surface area contributed by atoms with Gasteiger partial charge in [-0.1, -0.05) is 39.5 Å². The van der Waals surface area contributed by atoms with Gasteiger partial charge in [0.15, 0.2) is 17.7 Å². The number of hydrogen-bond acceptors (Lipinski definition) is 18. The number of imide groups is 1. The van der Waals surface area contributed by atoms with E-state index < -0.39 is 83.5 Å². The first-order chi connectivity index (χ1) is 38.0. The van der Waals surface area contributed by atoms with Crippen LogP contribution in [0, 0.1) is 30.9 Å². The van der Waals surface area contributed by atoms with Gasteiger partial charge < -0.3 is 78.8 Å². The predicted molar refractivity (Wildman–Crippen MR) is 277 cm³/mol. The van der Waals surface area contributed by atoms with Gasteiger partial charge in [0.05, 0.1) is 57.6 Å². The number of carbonyl (C=O) groups is 5. The molecule has 5 heterocycles. The monoisotopic (exact) mass is 1170 g/mol. The van der Waals surface area contributed by atoms with Crippen molar-refractivity contribution in [3.63, 3.8) is 0 Å². The number of carboxylic acids is 1. The Balaban J connectivity index is 0.000000306. The molecule has 4 amide bonds. The molecule has 81 heavy (non-hydrogen) atoms. The Bertz CT molecular complexity index is 3040. The van der Waals surface area contributed by atoms with Crippen LogP contribution in [0.2, 0.25) is 0 Å². The molecule has 2 aliphatic rings. The number of rotatable bonds is 25. The molecule has 1 fully saturated rings. The number of aliphatic hydroxyl groups excluding tert-OH is 4. The number of nitrogens with one attached hydrogen (secondary N) is 2. The molecule has 0 bridgehead atoms. The molecule has 7 N–H and O–H groups in total. The molecule has 2 aliphatic heterocycles. The summed E-state index contributed by atoms with van der Waals surface area (Å²) in [6.07, 6.45) is -4.18. The number of hydrogen-bond donors (Lipinski definition) is 7. The third-order valence-electron chi connectivity index (χ3n) is 12.7. The number of imidazole rings is 1. The van der Waals surface area contributed by atoms with Crippen molar-refractivity contribution in [3.8, 4) is 22.6 Å². The van der Waals surface area contributed by atoms with Crippen LogP contribution >= 0.6 is 0 Å². The first-order valence-electron chi connectivity index (χ1n) is 25.1. The van der Waals surface area contributed by atoms with E-state index in [0.717, 1.165) is 22.2 Å². The molecule has 5 aromatic rings. The fourth-order valence-corrected chi connectivity index (χ4v) is 8.13. The van der Waals surface area contributed by atoms with Crippen molar-refractivity contribution >= 4 is 47.4 Å². The summed E-state index contributed by atoms with van der Waals surface area (Å²) in [6.45, 7) is 13.4. The first kappa shape index (κ1) is 64.5. The maximum Gasteiger partial charge on any atom is 2.00 e. The quantitative estimate of drug-likeness (QED) is 0.0191. The Morgan fingerprint density at radius 1 is 0.926 bits per heavy atom. The van der Waals surface area contributed by atoms with Crippen LogP contribution in [0.5, 0.6) is 11.5 Å². The number of aliphatic carboxylic acids is 1. The summed E-state index contributed by atoms with van der Waals surface area (Å²) in [5.41, 5.74) is 4.73. The number of carbonyl (C=O) groups excluding carboxylic acids is 5. The van der Waals surface area contributed by atoms with Crippen molar-refractivity contribution < 1.29 is 109 Å². The molecular weight excluding hydrogens is 1110 g/mol. The smallest absolute Gasteiger partial charge is 0.650 e. The third-order valence-corrected chi connectivity index (χ3v) is 12.7. The van der Waals surface area contributed by atoms with Crippen LogP contribution in [-0.2, 0) is 84.9 Å². The Morgan fingerprint density at radius 2 is 1.63 bits per heavy atom. The number of aromatic nitrogens is 4. The second-order valence-corrected chi connectivity index (χ2v) is 19.4. The normalized spacial score (nSPS) is 18.2. The number of benzene rings is 2. The van der Waals surface area contributed by atoms with E-state index in [9.17, 15) is 63.1 Å². The zero-order valence-corrected chi connectivity index (χ0v) is 46.0. The van der Waals surface area contributed by atoms with Gasteiger partial charge in [0, 0.05) is 73.6 Å². The molecular formula is C54H63F2MnN7O17. The molecule has 2 aromatic carbocycles. The summed E-state index contributed by atoms with van der Waals surface area (Å²) in [5.74, 6) is -5.69. The van der Waals surface area contributed by atoms with Crippen LogP contribution in [0.15, 0.2) is 67.0 Å². The van der Waals surface area contributed by atoms with E-state index in [1.165, 1.54) is 42.9 Å². The number of aliphatic hydroxyl groups is 4. The molecule has 27 heteroatoms. The minimum atomic E-state index is -1.93. The molecule has 0 aliphatic carbocycles. The van der Waals surface area contributed by atoms with Gasteiger partial charge in [0.1, 0.15) is 35.8 Å². The van der Waals surface area contributed by atoms with Gasteiger partial charge in [-0.3, -0.25) is 28.8 Å². The number of amides is 4. The van der Waals surface area contributed by atoms with Gasteiger partial charge in [-0.25, -0.2) is 16.1 Å². The Labute approximate surface area is 474 Å². The third kappa shape index (κ3) is 16.9. The number of aryl methyl sites for hydroxylation is 1. The summed E-state index contributed by atoms with van der Waals surface area (Å²) in [4.78, 5) is 74.8. The Morgan fingerprint density at radius 3 is 2.31 bits per heavy atom. The Kier molecular flexibility index (Phi) is 23.4. The van der Waals surface area contributed by atoms with Crippen molar-refractivity contribution in [1.82, 2.24) is 29.4 Å². The fourth-order valence-electron chi connectivity index (χ4n) is 8.13. The molecule has 0 saturated carbocycles. The largest absolute Gasteiger partial charge is 2.00 e. The summed E-state index contributed by atoms with van der Waals surface area (Å²) < 4.78 is 64.2. The average Bonchev–Trinajstić information content (AvgIpc) is 4.16. The molecule has 0 spiro atoms. The van der Waals surface area contributed by atoms with Gasteiger partial charge in [-0.15, -0.1) is 5.69 Å². The Hall–Kier alpha value is -7.33. The van der Waals surface area contributed by atoms with E-state index in [1.54, 1.807) is 33.6 Å². The molecule has 437 valence electrons. The van der Waals surface area contributed by atoms with Gasteiger partial charge >= 0.3 is 23.0 Å². The van der Waals surface area contributed by atoms with Crippen LogP contribution in [0.25, 0.3) is 16.8 Å². The van der Waals surface area contributed by atoms with Crippen LogP contribution in [0.3, 0.4) is 0 Å². The van der Waals surface area contributed by atoms with Gasteiger partial charge in [-0.05, 0) is 54.3 Å². The van der Waals surface area contributed by atoms with Crippen LogP contribution in [0.1, 0.15) is 67.9 Å². The van der Waals surface area contributed by atoms with E-state index in [1.807, 2.05) is 34.7 Å². The van der Waals surface area contributed by atoms with Crippen molar-refractivity contribution in [3.05, 3.63) is 114 Å². The number of anilines is 1. The van der Waals surface area contributed by atoms with E-state index >= 15 is 0 Å².